The first kappa shape index (κ1) is 20.2. The number of hydrogen-bond acceptors (Lipinski definition) is 2. The Hall–Kier alpha value is -2.04. The van der Waals surface area contributed by atoms with Gasteiger partial charge in [-0.2, -0.15) is 0 Å². The summed E-state index contributed by atoms with van der Waals surface area (Å²) >= 11 is 12.3. The summed E-state index contributed by atoms with van der Waals surface area (Å²) in [6.45, 7) is 1.63. The average molecular weight is 431 g/mol. The van der Waals surface area contributed by atoms with Gasteiger partial charge in [0.2, 0.25) is 0 Å². The van der Waals surface area contributed by atoms with E-state index < -0.39 is 0 Å². The van der Waals surface area contributed by atoms with E-state index in [4.69, 9.17) is 23.2 Å². The van der Waals surface area contributed by atoms with E-state index in [1.54, 1.807) is 42.5 Å². The molecule has 2 aromatic rings. The van der Waals surface area contributed by atoms with E-state index in [2.05, 4.69) is 5.32 Å². The van der Waals surface area contributed by atoms with Crippen LogP contribution in [0.2, 0.25) is 10.0 Å². The van der Waals surface area contributed by atoms with Crippen molar-refractivity contribution in [1.29, 1.82) is 0 Å². The topological polar surface area (TPSA) is 49.4 Å². The molecule has 1 heterocycles. The summed E-state index contributed by atoms with van der Waals surface area (Å²) in [4.78, 5) is 27.3. The third kappa shape index (κ3) is 4.59. The van der Waals surface area contributed by atoms with Gasteiger partial charge in [-0.1, -0.05) is 42.5 Å². The van der Waals surface area contributed by atoms with Gasteiger partial charge in [0.05, 0.1) is 10.6 Å². The Labute approximate surface area is 181 Å². The number of nitrogens with zero attached hydrogens (tertiary/aromatic N) is 1. The number of carbonyl (C=O) groups is 2. The van der Waals surface area contributed by atoms with Gasteiger partial charge in [-0.3, -0.25) is 9.59 Å². The highest BCUT2D eigenvalue weighted by Gasteiger charge is 2.33. The summed E-state index contributed by atoms with van der Waals surface area (Å²) < 4.78 is 0. The number of anilines is 1. The summed E-state index contributed by atoms with van der Waals surface area (Å²) in [5.74, 6) is 1.12. The van der Waals surface area contributed by atoms with Crippen molar-refractivity contribution in [3.8, 4) is 0 Å². The lowest BCUT2D eigenvalue weighted by Crippen LogP contribution is -2.44. The third-order valence-electron chi connectivity index (χ3n) is 6.14. The zero-order valence-electron chi connectivity index (χ0n) is 16.2. The molecule has 4 nitrogen and oxygen atoms in total. The van der Waals surface area contributed by atoms with Crippen molar-refractivity contribution in [3.05, 3.63) is 63.6 Å². The fourth-order valence-electron chi connectivity index (χ4n) is 4.53. The number of rotatable bonds is 3. The van der Waals surface area contributed by atoms with Crippen LogP contribution in [0.15, 0.2) is 42.5 Å². The Morgan fingerprint density at radius 2 is 1.66 bits per heavy atom. The zero-order valence-corrected chi connectivity index (χ0v) is 17.7. The quantitative estimate of drug-likeness (QED) is 0.658. The minimum Gasteiger partial charge on any atom is -0.338 e. The van der Waals surface area contributed by atoms with E-state index in [-0.39, 0.29) is 11.8 Å². The summed E-state index contributed by atoms with van der Waals surface area (Å²) in [6, 6.07) is 11.7. The first-order valence-corrected chi connectivity index (χ1v) is 10.9. The van der Waals surface area contributed by atoms with Crippen LogP contribution in [0.25, 0.3) is 0 Å². The van der Waals surface area contributed by atoms with E-state index in [0.717, 1.165) is 25.4 Å². The molecule has 6 heteroatoms. The highest BCUT2D eigenvalue weighted by atomic mass is 35.5. The number of likely N-dealkylation sites (tertiary alicyclic amines) is 1. The number of hydrogen-bond donors (Lipinski definition) is 1. The first-order valence-electron chi connectivity index (χ1n) is 10.2. The highest BCUT2D eigenvalue weighted by molar-refractivity contribution is 6.34. The van der Waals surface area contributed by atoms with Gasteiger partial charge in [-0.05, 0) is 67.1 Å². The Kier molecular flexibility index (Phi) is 6.12. The monoisotopic (exact) mass is 430 g/mol. The first-order chi connectivity index (χ1) is 14.0. The highest BCUT2D eigenvalue weighted by Crippen LogP contribution is 2.37. The van der Waals surface area contributed by atoms with E-state index in [1.165, 1.54) is 25.7 Å². The number of benzene rings is 2. The molecular formula is C23H24Cl2N2O2. The molecule has 152 valence electrons. The standard InChI is InChI=1S/C23H24Cl2N2O2/c24-18-7-5-16(6-8-18)22(28)26-19-9-10-20(21(25)13-19)23(29)27-12-11-15-3-1-2-4-17(15)14-27/h5-10,13,15,17H,1-4,11-12,14H2,(H,26,28)/t15-,17+/m1/s1. The zero-order chi connectivity index (χ0) is 20.4. The number of fused-ring (bicyclic) bond motifs is 1. The predicted octanol–water partition coefficient (Wildman–Crippen LogP) is 5.90. The van der Waals surface area contributed by atoms with Crippen molar-refractivity contribution >= 4 is 40.7 Å². The van der Waals surface area contributed by atoms with Crippen LogP contribution in [0.3, 0.4) is 0 Å². The molecule has 0 bridgehead atoms. The van der Waals surface area contributed by atoms with Gasteiger partial charge in [-0.25, -0.2) is 0 Å². The normalized spacial score (nSPS) is 21.4. The molecule has 2 fully saturated rings. The minimum absolute atomic E-state index is 0.0189. The molecule has 0 radical (unpaired) electrons. The third-order valence-corrected chi connectivity index (χ3v) is 6.71. The van der Waals surface area contributed by atoms with Crippen molar-refractivity contribution < 1.29 is 9.59 Å². The van der Waals surface area contributed by atoms with Crippen LogP contribution in [-0.2, 0) is 0 Å². The van der Waals surface area contributed by atoms with Crippen LogP contribution >= 0.6 is 23.2 Å². The number of nitrogens with one attached hydrogen (secondary N) is 1. The summed E-state index contributed by atoms with van der Waals surface area (Å²) in [5.41, 5.74) is 1.55. The van der Waals surface area contributed by atoms with Crippen molar-refractivity contribution in [2.24, 2.45) is 11.8 Å². The maximum absolute atomic E-state index is 13.0. The molecule has 4 rings (SSSR count). The smallest absolute Gasteiger partial charge is 0.255 e. The molecule has 1 N–H and O–H groups in total. The van der Waals surface area contributed by atoms with E-state index in [0.29, 0.717) is 32.8 Å². The van der Waals surface area contributed by atoms with Gasteiger partial charge in [0, 0.05) is 29.4 Å². The second kappa shape index (κ2) is 8.76. The van der Waals surface area contributed by atoms with Crippen molar-refractivity contribution in [1.82, 2.24) is 4.90 Å². The predicted molar refractivity (Wildman–Crippen MR) is 117 cm³/mol. The lowest BCUT2D eigenvalue weighted by atomic mass is 9.75. The lowest BCUT2D eigenvalue weighted by molar-refractivity contribution is 0.0521. The lowest BCUT2D eigenvalue weighted by Gasteiger charge is -2.41. The van der Waals surface area contributed by atoms with Crippen molar-refractivity contribution in [2.45, 2.75) is 32.1 Å². The molecule has 2 aliphatic rings. The van der Waals surface area contributed by atoms with E-state index in [1.807, 2.05) is 4.90 Å². The van der Waals surface area contributed by atoms with Crippen LogP contribution in [0.5, 0.6) is 0 Å². The molecule has 0 spiro atoms. The summed E-state index contributed by atoms with van der Waals surface area (Å²) in [5, 5.41) is 3.74. The van der Waals surface area contributed by atoms with E-state index in [9.17, 15) is 9.59 Å². The van der Waals surface area contributed by atoms with Gasteiger partial charge in [0.25, 0.3) is 11.8 Å². The summed E-state index contributed by atoms with van der Waals surface area (Å²) in [6.07, 6.45) is 6.20. The number of piperidine rings is 1. The Bertz CT molecular complexity index is 914. The Balaban J connectivity index is 1.43. The van der Waals surface area contributed by atoms with Gasteiger partial charge in [0.1, 0.15) is 0 Å². The Morgan fingerprint density at radius 3 is 2.38 bits per heavy atom. The SMILES string of the molecule is O=C(Nc1ccc(C(=O)N2CC[C@H]3CCCC[C@H]3C2)c(Cl)c1)c1ccc(Cl)cc1. The number of amides is 2. The van der Waals surface area contributed by atoms with Gasteiger partial charge in [-0.15, -0.1) is 0 Å². The molecule has 0 aromatic heterocycles. The van der Waals surface area contributed by atoms with Gasteiger partial charge in [0.15, 0.2) is 0 Å². The second-order valence-electron chi connectivity index (χ2n) is 8.00. The van der Waals surface area contributed by atoms with Crippen LogP contribution in [-0.4, -0.2) is 29.8 Å². The molecule has 0 unspecified atom stereocenters. The fraction of sp³-hybridized carbons (Fsp3) is 0.391. The van der Waals surface area contributed by atoms with Crippen LogP contribution in [0.1, 0.15) is 52.8 Å². The Morgan fingerprint density at radius 1 is 0.931 bits per heavy atom. The minimum atomic E-state index is -0.254. The van der Waals surface area contributed by atoms with Crippen LogP contribution < -0.4 is 5.32 Å². The molecule has 1 saturated heterocycles. The molecule has 1 aliphatic carbocycles. The van der Waals surface area contributed by atoms with Crippen LogP contribution in [0.4, 0.5) is 5.69 Å². The van der Waals surface area contributed by atoms with Crippen molar-refractivity contribution in [2.75, 3.05) is 18.4 Å². The van der Waals surface area contributed by atoms with E-state index >= 15 is 0 Å². The molecular weight excluding hydrogens is 407 g/mol. The second-order valence-corrected chi connectivity index (χ2v) is 8.84. The molecule has 2 amide bonds. The summed E-state index contributed by atoms with van der Waals surface area (Å²) in [7, 11) is 0. The number of halogens is 2. The fourth-order valence-corrected chi connectivity index (χ4v) is 4.91. The van der Waals surface area contributed by atoms with Gasteiger partial charge < -0.3 is 10.2 Å². The molecule has 29 heavy (non-hydrogen) atoms. The molecule has 1 aliphatic heterocycles. The van der Waals surface area contributed by atoms with Crippen molar-refractivity contribution in [3.63, 3.8) is 0 Å². The molecule has 2 aromatic carbocycles. The average Bonchev–Trinajstić information content (AvgIpc) is 2.73. The van der Waals surface area contributed by atoms with Crippen LogP contribution in [0, 0.1) is 11.8 Å². The number of carbonyl (C=O) groups excluding carboxylic acids is 2. The molecule has 2 atom stereocenters. The largest absolute Gasteiger partial charge is 0.338 e. The van der Waals surface area contributed by atoms with Gasteiger partial charge >= 0.3 is 0 Å². The maximum Gasteiger partial charge on any atom is 0.255 e. The molecule has 1 saturated carbocycles. The maximum atomic E-state index is 13.0.